The third kappa shape index (κ3) is 3.60. The molecule has 0 unspecified atom stereocenters. The van der Waals surface area contributed by atoms with Crippen molar-refractivity contribution >= 4 is 21.8 Å². The fraction of sp³-hybridized carbons (Fsp3) is 0.615. The Hall–Kier alpha value is -0.770. The summed E-state index contributed by atoms with van der Waals surface area (Å²) in [6.07, 6.45) is 5.02. The van der Waals surface area contributed by atoms with Gasteiger partial charge in [-0.2, -0.15) is 0 Å². The van der Waals surface area contributed by atoms with Crippen molar-refractivity contribution in [1.82, 2.24) is 5.32 Å². The minimum Gasteiger partial charge on any atom is -0.444 e. The van der Waals surface area contributed by atoms with Gasteiger partial charge in [-0.3, -0.25) is 4.79 Å². The maximum absolute atomic E-state index is 11.7. The first-order valence-corrected chi connectivity index (χ1v) is 6.98. The van der Waals surface area contributed by atoms with Crippen molar-refractivity contribution in [2.75, 3.05) is 6.54 Å². The quantitative estimate of drug-likeness (QED) is 0.926. The highest BCUT2D eigenvalue weighted by molar-refractivity contribution is 9.10. The topological polar surface area (TPSA) is 42.2 Å². The zero-order chi connectivity index (χ0) is 12.3. The average molecular weight is 300 g/mol. The molecule has 0 aromatic carbocycles. The van der Waals surface area contributed by atoms with Crippen LogP contribution < -0.4 is 5.32 Å². The molecule has 0 bridgehead atoms. The molecule has 1 N–H and O–H groups in total. The molecule has 17 heavy (non-hydrogen) atoms. The summed E-state index contributed by atoms with van der Waals surface area (Å²) in [5.74, 6) is 1.74. The zero-order valence-corrected chi connectivity index (χ0v) is 11.6. The number of halogens is 1. The van der Waals surface area contributed by atoms with E-state index >= 15 is 0 Å². The van der Waals surface area contributed by atoms with E-state index in [0.29, 0.717) is 16.3 Å². The fourth-order valence-electron chi connectivity index (χ4n) is 2.29. The normalized spacial score (nSPS) is 24.6. The van der Waals surface area contributed by atoms with E-state index in [4.69, 9.17) is 4.42 Å². The lowest BCUT2D eigenvalue weighted by Gasteiger charge is -2.26. The molecular weight excluding hydrogens is 282 g/mol. The molecule has 1 fully saturated rings. The summed E-state index contributed by atoms with van der Waals surface area (Å²) in [4.78, 5) is 11.7. The van der Waals surface area contributed by atoms with Gasteiger partial charge >= 0.3 is 0 Å². The van der Waals surface area contributed by atoms with E-state index < -0.39 is 0 Å². The third-order valence-electron chi connectivity index (χ3n) is 3.48. The predicted molar refractivity (Wildman–Crippen MR) is 69.9 cm³/mol. The van der Waals surface area contributed by atoms with Crippen molar-refractivity contribution in [2.24, 2.45) is 11.8 Å². The van der Waals surface area contributed by atoms with Gasteiger partial charge in [-0.15, -0.1) is 0 Å². The number of amides is 1. The molecule has 1 aromatic rings. The summed E-state index contributed by atoms with van der Waals surface area (Å²) in [7, 11) is 0. The maximum atomic E-state index is 11.7. The summed E-state index contributed by atoms with van der Waals surface area (Å²) in [5.41, 5.74) is 0. The first kappa shape index (κ1) is 12.7. The Morgan fingerprint density at radius 3 is 2.71 bits per heavy atom. The maximum Gasteiger partial charge on any atom is 0.287 e. The van der Waals surface area contributed by atoms with Gasteiger partial charge in [0.1, 0.15) is 0 Å². The van der Waals surface area contributed by atoms with Gasteiger partial charge in [-0.25, -0.2) is 0 Å². The number of carbonyl (C=O) groups is 1. The molecule has 1 amide bonds. The fourth-order valence-corrected chi connectivity index (χ4v) is 2.60. The minimum absolute atomic E-state index is 0.116. The standard InChI is InChI=1S/C13H18BrNO2/c1-9-2-4-10(5-3-9)8-15-13(16)11-6-7-12(14)17-11/h6-7,9-10H,2-5,8H2,1H3,(H,15,16). The second-order valence-corrected chi connectivity index (χ2v) is 5.72. The Labute approximate surface area is 110 Å². The summed E-state index contributed by atoms with van der Waals surface area (Å²) in [5, 5.41) is 2.94. The molecule has 0 aliphatic heterocycles. The van der Waals surface area contributed by atoms with Gasteiger partial charge in [-0.1, -0.05) is 19.8 Å². The van der Waals surface area contributed by atoms with E-state index in [-0.39, 0.29) is 5.91 Å². The van der Waals surface area contributed by atoms with Crippen LogP contribution in [0.4, 0.5) is 0 Å². The number of rotatable bonds is 3. The minimum atomic E-state index is -0.116. The van der Waals surface area contributed by atoms with E-state index in [1.54, 1.807) is 12.1 Å². The van der Waals surface area contributed by atoms with Crippen LogP contribution in [0, 0.1) is 11.8 Å². The first-order chi connectivity index (χ1) is 8.15. The number of hydrogen-bond donors (Lipinski definition) is 1. The molecule has 0 radical (unpaired) electrons. The van der Waals surface area contributed by atoms with Crippen LogP contribution in [0.25, 0.3) is 0 Å². The summed E-state index contributed by atoms with van der Waals surface area (Å²) in [6, 6.07) is 3.42. The molecule has 4 heteroatoms. The van der Waals surface area contributed by atoms with Crippen molar-refractivity contribution in [1.29, 1.82) is 0 Å². The molecule has 1 aliphatic carbocycles. The summed E-state index contributed by atoms with van der Waals surface area (Å²) in [6.45, 7) is 3.07. The smallest absolute Gasteiger partial charge is 0.287 e. The van der Waals surface area contributed by atoms with Gasteiger partial charge in [0.25, 0.3) is 5.91 Å². The van der Waals surface area contributed by atoms with Gasteiger partial charge in [0.2, 0.25) is 0 Å². The number of furan rings is 1. The molecule has 3 nitrogen and oxygen atoms in total. The second kappa shape index (κ2) is 5.71. The van der Waals surface area contributed by atoms with E-state index in [9.17, 15) is 4.79 Å². The van der Waals surface area contributed by atoms with Crippen molar-refractivity contribution < 1.29 is 9.21 Å². The largest absolute Gasteiger partial charge is 0.444 e. The van der Waals surface area contributed by atoms with Crippen LogP contribution in [-0.2, 0) is 0 Å². The lowest BCUT2D eigenvalue weighted by atomic mass is 9.83. The highest BCUT2D eigenvalue weighted by atomic mass is 79.9. The van der Waals surface area contributed by atoms with Crippen LogP contribution in [0.15, 0.2) is 21.2 Å². The highest BCUT2D eigenvalue weighted by Gasteiger charge is 2.19. The van der Waals surface area contributed by atoms with Gasteiger partial charge in [-0.05, 0) is 52.7 Å². The SMILES string of the molecule is CC1CCC(CNC(=O)c2ccc(Br)o2)CC1. The molecule has 1 aliphatic rings. The van der Waals surface area contributed by atoms with E-state index in [2.05, 4.69) is 28.2 Å². The number of hydrogen-bond acceptors (Lipinski definition) is 2. The molecule has 0 atom stereocenters. The molecular formula is C13H18BrNO2. The van der Waals surface area contributed by atoms with Crippen molar-refractivity contribution in [3.8, 4) is 0 Å². The highest BCUT2D eigenvalue weighted by Crippen LogP contribution is 2.27. The Morgan fingerprint density at radius 1 is 1.41 bits per heavy atom. The summed E-state index contributed by atoms with van der Waals surface area (Å²) < 4.78 is 5.80. The van der Waals surface area contributed by atoms with Crippen molar-refractivity contribution in [3.05, 3.63) is 22.6 Å². The summed E-state index contributed by atoms with van der Waals surface area (Å²) >= 11 is 3.19. The van der Waals surface area contributed by atoms with E-state index in [1.165, 1.54) is 25.7 Å². The van der Waals surface area contributed by atoms with Crippen LogP contribution in [0.2, 0.25) is 0 Å². The molecule has 0 spiro atoms. The van der Waals surface area contributed by atoms with Gasteiger partial charge in [0, 0.05) is 6.54 Å². The Balaban J connectivity index is 1.76. The lowest BCUT2D eigenvalue weighted by molar-refractivity contribution is 0.0913. The van der Waals surface area contributed by atoms with Gasteiger partial charge < -0.3 is 9.73 Å². The second-order valence-electron chi connectivity index (χ2n) is 4.94. The van der Waals surface area contributed by atoms with Crippen molar-refractivity contribution in [2.45, 2.75) is 32.6 Å². The van der Waals surface area contributed by atoms with Crippen molar-refractivity contribution in [3.63, 3.8) is 0 Å². The van der Waals surface area contributed by atoms with Crippen LogP contribution in [0.5, 0.6) is 0 Å². The third-order valence-corrected chi connectivity index (χ3v) is 3.91. The average Bonchev–Trinajstić information content (AvgIpc) is 2.75. The first-order valence-electron chi connectivity index (χ1n) is 6.18. The van der Waals surface area contributed by atoms with E-state index in [1.807, 2.05) is 0 Å². The monoisotopic (exact) mass is 299 g/mol. The van der Waals surface area contributed by atoms with E-state index in [0.717, 1.165) is 12.5 Å². The number of nitrogens with one attached hydrogen (secondary N) is 1. The van der Waals surface area contributed by atoms with Gasteiger partial charge in [0.05, 0.1) is 0 Å². The Bertz CT molecular complexity index is 381. The molecule has 2 rings (SSSR count). The number of carbonyl (C=O) groups excluding carboxylic acids is 1. The molecule has 1 aromatic heterocycles. The molecule has 94 valence electrons. The Kier molecular flexibility index (Phi) is 4.26. The van der Waals surface area contributed by atoms with Crippen LogP contribution >= 0.6 is 15.9 Å². The lowest BCUT2D eigenvalue weighted by Crippen LogP contribution is -2.30. The Morgan fingerprint density at radius 2 is 2.12 bits per heavy atom. The van der Waals surface area contributed by atoms with Crippen LogP contribution in [0.3, 0.4) is 0 Å². The molecule has 0 saturated heterocycles. The molecule has 1 heterocycles. The molecule has 1 saturated carbocycles. The van der Waals surface area contributed by atoms with Crippen LogP contribution in [0.1, 0.15) is 43.2 Å². The van der Waals surface area contributed by atoms with Gasteiger partial charge in [0.15, 0.2) is 10.4 Å². The zero-order valence-electron chi connectivity index (χ0n) is 10.0. The van der Waals surface area contributed by atoms with Crippen LogP contribution in [-0.4, -0.2) is 12.5 Å². The predicted octanol–water partition coefficient (Wildman–Crippen LogP) is 3.60.